The summed E-state index contributed by atoms with van der Waals surface area (Å²) in [6.07, 6.45) is 0. The normalized spacial score (nSPS) is 15.5. The number of carboxylic acids is 1. The number of aromatic amines is 1. The molecule has 0 unspecified atom stereocenters. The lowest BCUT2D eigenvalue weighted by atomic mass is 9.87. The first-order valence-electron chi connectivity index (χ1n) is 10.9. The Labute approximate surface area is 199 Å². The summed E-state index contributed by atoms with van der Waals surface area (Å²) in [4.78, 5) is 27.8. The lowest BCUT2D eigenvalue weighted by Crippen LogP contribution is -2.51. The molecular weight excluding hydrogens is 440 g/mol. The molecule has 9 nitrogen and oxygen atoms in total. The fraction of sp³-hybridized carbons (Fsp3) is 0.478. The van der Waals surface area contributed by atoms with Crippen molar-refractivity contribution in [3.05, 3.63) is 51.4 Å². The van der Waals surface area contributed by atoms with Gasteiger partial charge >= 0.3 is 5.97 Å². The minimum absolute atomic E-state index is 0.0310. The van der Waals surface area contributed by atoms with Gasteiger partial charge in [0, 0.05) is 31.9 Å². The van der Waals surface area contributed by atoms with E-state index in [0.717, 1.165) is 11.4 Å². The molecule has 0 saturated carbocycles. The van der Waals surface area contributed by atoms with Gasteiger partial charge < -0.3 is 10.0 Å². The Bertz CT molecular complexity index is 1100. The van der Waals surface area contributed by atoms with E-state index >= 15 is 0 Å². The molecule has 0 radical (unpaired) electrons. The fourth-order valence-electron chi connectivity index (χ4n) is 3.82. The summed E-state index contributed by atoms with van der Waals surface area (Å²) in [5.74, 6) is -0.831. The van der Waals surface area contributed by atoms with Crippen molar-refractivity contribution in [2.24, 2.45) is 5.10 Å². The lowest BCUT2D eigenvalue weighted by molar-refractivity contribution is -0.138. The number of piperazine rings is 1. The van der Waals surface area contributed by atoms with E-state index in [2.05, 4.69) is 36.4 Å². The molecule has 0 atom stereocenters. The molecule has 3 rings (SSSR count). The van der Waals surface area contributed by atoms with Gasteiger partial charge in [-0.1, -0.05) is 32.9 Å². The number of aliphatic carboxylic acids is 1. The van der Waals surface area contributed by atoms with Crippen molar-refractivity contribution in [3.8, 4) is 5.69 Å². The maximum Gasteiger partial charge on any atom is 0.317 e. The monoisotopic (exact) mass is 472 g/mol. The van der Waals surface area contributed by atoms with Gasteiger partial charge in [-0.25, -0.2) is 4.68 Å². The van der Waals surface area contributed by atoms with Crippen LogP contribution in [0.1, 0.15) is 44.5 Å². The number of nitrogens with one attached hydrogen (secondary N) is 2. The van der Waals surface area contributed by atoms with Gasteiger partial charge in [-0.15, -0.1) is 0 Å². The van der Waals surface area contributed by atoms with Gasteiger partial charge in [0.2, 0.25) is 0 Å². The van der Waals surface area contributed by atoms with Gasteiger partial charge in [0.15, 0.2) is 5.11 Å². The van der Waals surface area contributed by atoms with E-state index in [1.807, 2.05) is 41.0 Å². The molecule has 0 aliphatic carbocycles. The molecule has 2 aromatic rings. The molecular formula is C23H32N6O3S. The Morgan fingerprint density at radius 1 is 1.18 bits per heavy atom. The number of carboxylic acid groups (broad SMARTS) is 1. The summed E-state index contributed by atoms with van der Waals surface area (Å²) >= 11 is 5.44. The van der Waals surface area contributed by atoms with E-state index in [-0.39, 0.29) is 17.5 Å². The van der Waals surface area contributed by atoms with Crippen LogP contribution in [0.15, 0.2) is 34.2 Å². The summed E-state index contributed by atoms with van der Waals surface area (Å²) in [5, 5.41) is 16.9. The van der Waals surface area contributed by atoms with E-state index in [9.17, 15) is 9.59 Å². The number of hydrogen-bond donors (Lipinski definition) is 3. The van der Waals surface area contributed by atoms with Crippen LogP contribution in [-0.2, 0) is 10.2 Å². The fourth-order valence-corrected chi connectivity index (χ4v) is 4.05. The number of nitrogens with zero attached hydrogens (tertiary/aromatic N) is 4. The smallest absolute Gasteiger partial charge is 0.317 e. The third-order valence-electron chi connectivity index (χ3n) is 5.76. The minimum atomic E-state index is -0.831. The zero-order valence-corrected chi connectivity index (χ0v) is 20.6. The van der Waals surface area contributed by atoms with E-state index in [1.54, 1.807) is 6.92 Å². The predicted octanol–water partition coefficient (Wildman–Crippen LogP) is 2.07. The molecule has 3 N–H and O–H groups in total. The summed E-state index contributed by atoms with van der Waals surface area (Å²) in [6.45, 7) is 12.6. The molecule has 1 fully saturated rings. The van der Waals surface area contributed by atoms with Gasteiger partial charge in [0.1, 0.15) is 0 Å². The minimum Gasteiger partial charge on any atom is -0.480 e. The Hall–Kier alpha value is -2.98. The van der Waals surface area contributed by atoms with Crippen LogP contribution >= 0.6 is 12.2 Å². The lowest BCUT2D eigenvalue weighted by Gasteiger charge is -2.34. The Balaban J connectivity index is 1.70. The van der Waals surface area contributed by atoms with Crippen LogP contribution < -0.4 is 11.0 Å². The zero-order valence-electron chi connectivity index (χ0n) is 19.8. The molecule has 0 amide bonds. The van der Waals surface area contributed by atoms with Crippen LogP contribution in [0.2, 0.25) is 0 Å². The highest BCUT2D eigenvalue weighted by molar-refractivity contribution is 7.80. The van der Waals surface area contributed by atoms with E-state index in [0.29, 0.717) is 42.6 Å². The number of hydrogen-bond acceptors (Lipinski definition) is 5. The maximum absolute atomic E-state index is 13.1. The molecule has 1 aromatic heterocycles. The second-order valence-electron chi connectivity index (χ2n) is 9.32. The molecule has 1 aromatic carbocycles. The Morgan fingerprint density at radius 3 is 2.33 bits per heavy atom. The first-order valence-corrected chi connectivity index (χ1v) is 11.3. The predicted molar refractivity (Wildman–Crippen MR) is 133 cm³/mol. The van der Waals surface area contributed by atoms with Crippen LogP contribution in [-0.4, -0.2) is 74.2 Å². The van der Waals surface area contributed by atoms with Crippen LogP contribution in [0.5, 0.6) is 0 Å². The average molecular weight is 473 g/mol. The van der Waals surface area contributed by atoms with Gasteiger partial charge in [-0.2, -0.15) is 5.10 Å². The van der Waals surface area contributed by atoms with Crippen molar-refractivity contribution in [2.75, 3.05) is 32.7 Å². The highest BCUT2D eigenvalue weighted by atomic mass is 32.1. The summed E-state index contributed by atoms with van der Waals surface area (Å²) in [6, 6.07) is 7.95. The average Bonchev–Trinajstić information content (AvgIpc) is 3.05. The van der Waals surface area contributed by atoms with Crippen LogP contribution in [0, 0.1) is 6.92 Å². The number of carbonyl (C=O) groups is 1. The number of thiocarbonyl (C=S) groups is 1. The van der Waals surface area contributed by atoms with Crippen molar-refractivity contribution >= 4 is 29.0 Å². The second-order valence-corrected chi connectivity index (χ2v) is 9.71. The van der Waals surface area contributed by atoms with Crippen LogP contribution in [0.4, 0.5) is 0 Å². The first kappa shape index (κ1) is 24.7. The van der Waals surface area contributed by atoms with Crippen molar-refractivity contribution in [1.82, 2.24) is 25.0 Å². The molecule has 0 bridgehead atoms. The second kappa shape index (κ2) is 9.88. The van der Waals surface area contributed by atoms with E-state index in [1.165, 1.54) is 10.2 Å². The number of rotatable bonds is 5. The molecule has 1 aliphatic rings. The first-order chi connectivity index (χ1) is 15.5. The molecule has 0 spiro atoms. The topological polar surface area (TPSA) is 106 Å². The number of hydrazone groups is 1. The maximum atomic E-state index is 13.1. The van der Waals surface area contributed by atoms with Gasteiger partial charge in [0.05, 0.1) is 23.5 Å². The summed E-state index contributed by atoms with van der Waals surface area (Å²) in [7, 11) is 0. The third-order valence-corrected chi connectivity index (χ3v) is 6.11. The largest absolute Gasteiger partial charge is 0.480 e. The molecule has 10 heteroatoms. The number of aryl methyl sites for hydroxylation is 1. The van der Waals surface area contributed by atoms with Crippen molar-refractivity contribution in [1.29, 1.82) is 0 Å². The quantitative estimate of drug-likeness (QED) is 0.348. The van der Waals surface area contributed by atoms with Gasteiger partial charge in [0.25, 0.3) is 5.56 Å². The van der Waals surface area contributed by atoms with Crippen LogP contribution in [0.25, 0.3) is 5.69 Å². The highest BCUT2D eigenvalue weighted by Gasteiger charge is 2.21. The zero-order chi connectivity index (χ0) is 24.3. The molecule has 1 saturated heterocycles. The number of H-pyrrole nitrogens is 1. The number of aromatic nitrogens is 2. The Kier molecular flexibility index (Phi) is 7.38. The summed E-state index contributed by atoms with van der Waals surface area (Å²) in [5.41, 5.74) is 6.45. The van der Waals surface area contributed by atoms with Crippen molar-refractivity contribution in [2.45, 2.75) is 40.0 Å². The SMILES string of the molecule is C/C(=N/NC(=S)N1CCN(CC(=O)O)CC1)c1c(C)[nH]n(-c2ccc(C(C)(C)C)cc2)c1=O. The summed E-state index contributed by atoms with van der Waals surface area (Å²) < 4.78 is 1.52. The van der Waals surface area contributed by atoms with Gasteiger partial charge in [-0.05, 0) is 49.2 Å². The van der Waals surface area contributed by atoms with Gasteiger partial charge in [-0.3, -0.25) is 25.0 Å². The molecule has 1 aliphatic heterocycles. The van der Waals surface area contributed by atoms with Crippen molar-refractivity contribution in [3.63, 3.8) is 0 Å². The standard InChI is InChI=1S/C23H32N6O3S/c1-15(24-25-22(33)28-12-10-27(11-13-28)14-19(30)31)20-16(2)26-29(21(20)32)18-8-6-17(7-9-18)23(3,4)5/h6-9,26H,10-14H2,1-5H3,(H,25,33)(H,30,31)/b24-15-. The molecule has 178 valence electrons. The molecule has 33 heavy (non-hydrogen) atoms. The van der Waals surface area contributed by atoms with E-state index < -0.39 is 5.97 Å². The van der Waals surface area contributed by atoms with Crippen LogP contribution in [0.3, 0.4) is 0 Å². The van der Waals surface area contributed by atoms with Crippen molar-refractivity contribution < 1.29 is 9.90 Å². The highest BCUT2D eigenvalue weighted by Crippen LogP contribution is 2.23. The molecule has 2 heterocycles. The third kappa shape index (κ3) is 5.88. The number of benzene rings is 1. The van der Waals surface area contributed by atoms with E-state index in [4.69, 9.17) is 17.3 Å². The Morgan fingerprint density at radius 2 is 1.79 bits per heavy atom.